The Morgan fingerprint density at radius 1 is 1.67 bits per heavy atom. The van der Waals surface area contributed by atoms with E-state index in [4.69, 9.17) is 0 Å². The normalized spacial score (nSPS) is 27.2. The first kappa shape index (κ1) is 6.53. The summed E-state index contributed by atoms with van der Waals surface area (Å²) >= 11 is 0. The SMILES string of the molecule is CC1=C(F)C=CC[C@@H]1C. The molecule has 1 heteroatoms. The molecular weight excluding hydrogens is 115 g/mol. The van der Waals surface area contributed by atoms with Crippen LogP contribution in [0.25, 0.3) is 0 Å². The fraction of sp³-hybridized carbons (Fsp3) is 0.500. The largest absolute Gasteiger partial charge is 0.207 e. The lowest BCUT2D eigenvalue weighted by Gasteiger charge is -2.13. The van der Waals surface area contributed by atoms with Crippen LogP contribution in [0.1, 0.15) is 20.3 Å². The molecule has 0 N–H and O–H groups in total. The number of halogens is 1. The monoisotopic (exact) mass is 126 g/mol. The Hall–Kier alpha value is -0.590. The highest BCUT2D eigenvalue weighted by Crippen LogP contribution is 2.24. The van der Waals surface area contributed by atoms with E-state index in [0.717, 1.165) is 12.0 Å². The predicted molar refractivity (Wildman–Crippen MR) is 36.7 cm³/mol. The van der Waals surface area contributed by atoms with Crippen molar-refractivity contribution in [3.8, 4) is 0 Å². The van der Waals surface area contributed by atoms with Crippen molar-refractivity contribution in [1.82, 2.24) is 0 Å². The van der Waals surface area contributed by atoms with Gasteiger partial charge < -0.3 is 0 Å². The van der Waals surface area contributed by atoms with E-state index >= 15 is 0 Å². The van der Waals surface area contributed by atoms with Crippen molar-refractivity contribution >= 4 is 0 Å². The second-order valence-corrected chi connectivity index (χ2v) is 2.57. The minimum atomic E-state index is -0.0475. The zero-order valence-corrected chi connectivity index (χ0v) is 5.82. The van der Waals surface area contributed by atoms with Crippen LogP contribution in [0.2, 0.25) is 0 Å². The molecule has 0 heterocycles. The number of allylic oxidation sites excluding steroid dienone is 4. The summed E-state index contributed by atoms with van der Waals surface area (Å²) in [6, 6.07) is 0. The average Bonchev–Trinajstić information content (AvgIpc) is 1.83. The molecule has 0 aromatic heterocycles. The number of hydrogen-bond donors (Lipinski definition) is 0. The quantitative estimate of drug-likeness (QED) is 0.468. The standard InChI is InChI=1S/C8H11F/c1-6-4-3-5-8(9)7(6)2/h3,5-6H,4H2,1-2H3/t6-/m0/s1. The van der Waals surface area contributed by atoms with Gasteiger partial charge >= 0.3 is 0 Å². The van der Waals surface area contributed by atoms with Crippen LogP contribution in [0.15, 0.2) is 23.6 Å². The lowest BCUT2D eigenvalue weighted by molar-refractivity contribution is 0.584. The Labute approximate surface area is 55.1 Å². The number of rotatable bonds is 0. The number of hydrogen-bond acceptors (Lipinski definition) is 0. The van der Waals surface area contributed by atoms with E-state index in [1.165, 1.54) is 0 Å². The van der Waals surface area contributed by atoms with Gasteiger partial charge in [-0.05, 0) is 30.9 Å². The summed E-state index contributed by atoms with van der Waals surface area (Å²) < 4.78 is 12.6. The van der Waals surface area contributed by atoms with E-state index in [-0.39, 0.29) is 5.83 Å². The molecule has 9 heavy (non-hydrogen) atoms. The van der Waals surface area contributed by atoms with E-state index in [1.807, 2.05) is 19.9 Å². The van der Waals surface area contributed by atoms with Gasteiger partial charge in [0.1, 0.15) is 5.83 Å². The summed E-state index contributed by atoms with van der Waals surface area (Å²) in [5.74, 6) is 0.351. The van der Waals surface area contributed by atoms with Crippen LogP contribution in [0, 0.1) is 5.92 Å². The third-order valence-electron chi connectivity index (χ3n) is 1.87. The molecule has 1 rings (SSSR count). The van der Waals surface area contributed by atoms with Crippen molar-refractivity contribution in [2.75, 3.05) is 0 Å². The highest BCUT2D eigenvalue weighted by atomic mass is 19.1. The highest BCUT2D eigenvalue weighted by molar-refractivity contribution is 5.24. The van der Waals surface area contributed by atoms with Crippen LogP contribution < -0.4 is 0 Å². The average molecular weight is 126 g/mol. The second kappa shape index (κ2) is 2.34. The highest BCUT2D eigenvalue weighted by Gasteiger charge is 2.10. The molecule has 0 saturated carbocycles. The van der Waals surface area contributed by atoms with E-state index < -0.39 is 0 Å². The maximum atomic E-state index is 12.6. The van der Waals surface area contributed by atoms with Crippen molar-refractivity contribution in [3.63, 3.8) is 0 Å². The molecule has 1 aliphatic rings. The zero-order valence-electron chi connectivity index (χ0n) is 5.82. The van der Waals surface area contributed by atoms with Crippen molar-refractivity contribution in [2.24, 2.45) is 5.92 Å². The van der Waals surface area contributed by atoms with E-state index in [1.54, 1.807) is 6.08 Å². The Bertz CT molecular complexity index is 165. The van der Waals surface area contributed by atoms with Gasteiger partial charge in [-0.15, -0.1) is 0 Å². The molecule has 0 fully saturated rings. The van der Waals surface area contributed by atoms with Gasteiger partial charge in [-0.2, -0.15) is 0 Å². The van der Waals surface area contributed by atoms with E-state index in [2.05, 4.69) is 0 Å². The molecule has 0 bridgehead atoms. The lowest BCUT2D eigenvalue weighted by Crippen LogP contribution is -1.99. The smallest absolute Gasteiger partial charge is 0.122 e. The van der Waals surface area contributed by atoms with E-state index in [0.29, 0.717) is 5.92 Å². The van der Waals surface area contributed by atoms with Crippen LogP contribution in [-0.2, 0) is 0 Å². The fourth-order valence-electron chi connectivity index (χ4n) is 0.919. The van der Waals surface area contributed by atoms with Crippen LogP contribution >= 0.6 is 0 Å². The van der Waals surface area contributed by atoms with Crippen molar-refractivity contribution in [2.45, 2.75) is 20.3 Å². The Morgan fingerprint density at radius 3 is 2.78 bits per heavy atom. The molecule has 0 saturated heterocycles. The molecule has 50 valence electrons. The van der Waals surface area contributed by atoms with Gasteiger partial charge in [0.05, 0.1) is 0 Å². The molecule has 1 aliphatic carbocycles. The van der Waals surface area contributed by atoms with Gasteiger partial charge in [0.2, 0.25) is 0 Å². The molecule has 0 aromatic rings. The summed E-state index contributed by atoms with van der Waals surface area (Å²) in [5.41, 5.74) is 0.887. The van der Waals surface area contributed by atoms with Crippen molar-refractivity contribution in [3.05, 3.63) is 23.6 Å². The van der Waals surface area contributed by atoms with Gasteiger partial charge in [0, 0.05) is 0 Å². The maximum absolute atomic E-state index is 12.6. The van der Waals surface area contributed by atoms with Crippen molar-refractivity contribution < 1.29 is 4.39 Å². The van der Waals surface area contributed by atoms with Gasteiger partial charge in [-0.1, -0.05) is 13.0 Å². The Kier molecular flexibility index (Phi) is 1.70. The maximum Gasteiger partial charge on any atom is 0.122 e. The fourth-order valence-corrected chi connectivity index (χ4v) is 0.919. The molecule has 0 spiro atoms. The molecule has 1 atom stereocenters. The van der Waals surface area contributed by atoms with Gasteiger partial charge in [-0.25, -0.2) is 4.39 Å². The van der Waals surface area contributed by atoms with E-state index in [9.17, 15) is 4.39 Å². The van der Waals surface area contributed by atoms with Crippen LogP contribution in [0.3, 0.4) is 0 Å². The van der Waals surface area contributed by atoms with Crippen molar-refractivity contribution in [1.29, 1.82) is 0 Å². The first-order valence-electron chi connectivity index (χ1n) is 3.24. The van der Waals surface area contributed by atoms with Gasteiger partial charge in [0.15, 0.2) is 0 Å². The predicted octanol–water partition coefficient (Wildman–Crippen LogP) is 2.83. The third-order valence-corrected chi connectivity index (χ3v) is 1.87. The summed E-state index contributed by atoms with van der Waals surface area (Å²) in [7, 11) is 0. The van der Waals surface area contributed by atoms with Gasteiger partial charge in [-0.3, -0.25) is 0 Å². The Morgan fingerprint density at radius 2 is 2.33 bits per heavy atom. The lowest BCUT2D eigenvalue weighted by atomic mass is 9.94. The molecule has 0 nitrogen and oxygen atoms in total. The summed E-state index contributed by atoms with van der Waals surface area (Å²) in [6.45, 7) is 3.89. The summed E-state index contributed by atoms with van der Waals surface area (Å²) in [6.07, 6.45) is 4.42. The molecule has 0 aliphatic heterocycles. The third kappa shape index (κ3) is 1.21. The summed E-state index contributed by atoms with van der Waals surface area (Å²) in [4.78, 5) is 0. The first-order valence-corrected chi connectivity index (χ1v) is 3.24. The molecule has 0 aromatic carbocycles. The molecule has 0 unspecified atom stereocenters. The van der Waals surface area contributed by atoms with Crippen LogP contribution in [0.5, 0.6) is 0 Å². The molecular formula is C8H11F. The minimum absolute atomic E-state index is 0.0475. The molecule has 0 radical (unpaired) electrons. The van der Waals surface area contributed by atoms with Crippen LogP contribution in [-0.4, -0.2) is 0 Å². The Balaban J connectivity index is 2.83. The zero-order chi connectivity index (χ0) is 6.85. The first-order chi connectivity index (χ1) is 4.22. The summed E-state index contributed by atoms with van der Waals surface area (Å²) in [5, 5.41) is 0. The second-order valence-electron chi connectivity index (χ2n) is 2.57. The van der Waals surface area contributed by atoms with Crippen LogP contribution in [0.4, 0.5) is 4.39 Å². The minimum Gasteiger partial charge on any atom is -0.207 e. The topological polar surface area (TPSA) is 0 Å². The molecule has 0 amide bonds. The van der Waals surface area contributed by atoms with Gasteiger partial charge in [0.25, 0.3) is 0 Å².